The van der Waals surface area contributed by atoms with Gasteiger partial charge >= 0.3 is 6.11 Å². The summed E-state index contributed by atoms with van der Waals surface area (Å²) in [5.74, 6) is 1.80. The fraction of sp³-hybridized carbons (Fsp3) is 0.905. The SMILES string of the molecule is C=CC1CCC(CC(F)(F)OCC2CCC(CCCC)CC2)CC1. The zero-order chi connectivity index (χ0) is 17.4. The van der Waals surface area contributed by atoms with Crippen LogP contribution in [0.2, 0.25) is 0 Å². The molecule has 2 aliphatic carbocycles. The number of rotatable bonds is 9. The van der Waals surface area contributed by atoms with Crippen molar-refractivity contribution >= 4 is 0 Å². The molecule has 1 nitrogen and oxygen atoms in total. The highest BCUT2D eigenvalue weighted by molar-refractivity contribution is 4.84. The average Bonchev–Trinajstić information content (AvgIpc) is 2.59. The highest BCUT2D eigenvalue weighted by Gasteiger charge is 2.36. The second kappa shape index (κ2) is 9.89. The molecule has 0 heterocycles. The van der Waals surface area contributed by atoms with E-state index in [1.54, 1.807) is 0 Å². The van der Waals surface area contributed by atoms with Crippen molar-refractivity contribution < 1.29 is 13.5 Å². The minimum Gasteiger partial charge on any atom is -0.320 e. The highest BCUT2D eigenvalue weighted by Crippen LogP contribution is 2.38. The Balaban J connectivity index is 1.63. The van der Waals surface area contributed by atoms with Gasteiger partial charge in [0, 0.05) is 6.42 Å². The molecule has 2 fully saturated rings. The van der Waals surface area contributed by atoms with Crippen LogP contribution < -0.4 is 0 Å². The molecule has 0 atom stereocenters. The fourth-order valence-electron chi connectivity index (χ4n) is 4.44. The third-order valence-corrected chi connectivity index (χ3v) is 6.21. The van der Waals surface area contributed by atoms with Gasteiger partial charge in [-0.05, 0) is 62.2 Å². The number of ether oxygens (including phenoxy) is 1. The lowest BCUT2D eigenvalue weighted by Crippen LogP contribution is -2.30. The number of alkyl halides is 2. The maximum Gasteiger partial charge on any atom is 0.356 e. The molecule has 2 rings (SSSR count). The molecule has 3 heteroatoms. The average molecular weight is 343 g/mol. The Morgan fingerprint density at radius 1 is 0.958 bits per heavy atom. The maximum atomic E-state index is 14.1. The van der Waals surface area contributed by atoms with E-state index in [4.69, 9.17) is 4.74 Å². The van der Waals surface area contributed by atoms with Gasteiger partial charge in [-0.2, -0.15) is 8.78 Å². The molecule has 0 aromatic carbocycles. The highest BCUT2D eigenvalue weighted by atomic mass is 19.3. The molecule has 0 aliphatic heterocycles. The first-order valence-electron chi connectivity index (χ1n) is 10.2. The fourth-order valence-corrected chi connectivity index (χ4v) is 4.44. The zero-order valence-corrected chi connectivity index (χ0v) is 15.5. The lowest BCUT2D eigenvalue weighted by molar-refractivity contribution is -0.256. The van der Waals surface area contributed by atoms with Crippen molar-refractivity contribution in [3.05, 3.63) is 12.7 Å². The van der Waals surface area contributed by atoms with Crippen LogP contribution in [0.15, 0.2) is 12.7 Å². The molecule has 2 aliphatic rings. The summed E-state index contributed by atoms with van der Waals surface area (Å²) in [7, 11) is 0. The maximum absolute atomic E-state index is 14.1. The summed E-state index contributed by atoms with van der Waals surface area (Å²) in [6.07, 6.45) is 11.1. The molecule has 0 spiro atoms. The van der Waals surface area contributed by atoms with Crippen molar-refractivity contribution in [2.24, 2.45) is 23.7 Å². The molecule has 0 N–H and O–H groups in total. The van der Waals surface area contributed by atoms with Gasteiger partial charge in [-0.3, -0.25) is 0 Å². The van der Waals surface area contributed by atoms with Crippen LogP contribution >= 0.6 is 0 Å². The molecule has 0 aromatic heterocycles. The molecule has 140 valence electrons. The number of allylic oxidation sites excluding steroid dienone is 1. The third-order valence-electron chi connectivity index (χ3n) is 6.21. The van der Waals surface area contributed by atoms with E-state index >= 15 is 0 Å². The Bertz CT molecular complexity index is 353. The van der Waals surface area contributed by atoms with Crippen LogP contribution in [0.25, 0.3) is 0 Å². The van der Waals surface area contributed by atoms with Crippen LogP contribution in [0.3, 0.4) is 0 Å². The summed E-state index contributed by atoms with van der Waals surface area (Å²) >= 11 is 0. The lowest BCUT2D eigenvalue weighted by Gasteiger charge is -2.32. The van der Waals surface area contributed by atoms with Crippen LogP contribution in [0.4, 0.5) is 8.78 Å². The van der Waals surface area contributed by atoms with Gasteiger partial charge in [-0.15, -0.1) is 6.58 Å². The third kappa shape index (κ3) is 6.82. The van der Waals surface area contributed by atoms with E-state index in [2.05, 4.69) is 13.5 Å². The molecular weight excluding hydrogens is 306 g/mol. The molecular formula is C21H36F2O. The standard InChI is InChI=1S/C21H36F2O/c1-3-5-6-18-9-13-20(14-10-18)16-24-21(22,23)15-19-11-7-17(4-2)8-12-19/h4,17-20H,2-3,5-16H2,1H3. The first-order valence-corrected chi connectivity index (χ1v) is 10.2. The summed E-state index contributed by atoms with van der Waals surface area (Å²) in [4.78, 5) is 0. The summed E-state index contributed by atoms with van der Waals surface area (Å²) in [5, 5.41) is 0. The van der Waals surface area contributed by atoms with Gasteiger partial charge in [0.25, 0.3) is 0 Å². The van der Waals surface area contributed by atoms with Crippen LogP contribution in [-0.4, -0.2) is 12.7 Å². The molecule has 0 amide bonds. The number of halogens is 2. The van der Waals surface area contributed by atoms with Gasteiger partial charge in [-0.25, -0.2) is 0 Å². The van der Waals surface area contributed by atoms with E-state index in [1.807, 2.05) is 6.08 Å². The zero-order valence-electron chi connectivity index (χ0n) is 15.5. The van der Waals surface area contributed by atoms with Crippen molar-refractivity contribution in [3.8, 4) is 0 Å². The topological polar surface area (TPSA) is 9.23 Å². The second-order valence-electron chi connectivity index (χ2n) is 8.20. The van der Waals surface area contributed by atoms with Crippen LogP contribution in [0, 0.1) is 23.7 Å². The van der Waals surface area contributed by atoms with Gasteiger partial charge < -0.3 is 4.74 Å². The number of unbranched alkanes of at least 4 members (excludes halogenated alkanes) is 1. The minimum atomic E-state index is -2.94. The van der Waals surface area contributed by atoms with Crippen molar-refractivity contribution in [1.29, 1.82) is 0 Å². The Morgan fingerprint density at radius 3 is 2.12 bits per heavy atom. The van der Waals surface area contributed by atoms with Crippen LogP contribution in [0.5, 0.6) is 0 Å². The second-order valence-corrected chi connectivity index (χ2v) is 8.20. The van der Waals surface area contributed by atoms with E-state index in [0.29, 0.717) is 11.8 Å². The number of hydrogen-bond donors (Lipinski definition) is 0. The summed E-state index contributed by atoms with van der Waals surface area (Å²) in [5.41, 5.74) is 0. The van der Waals surface area contributed by atoms with Crippen molar-refractivity contribution in [2.45, 2.75) is 90.1 Å². The van der Waals surface area contributed by atoms with E-state index in [9.17, 15) is 8.78 Å². The lowest BCUT2D eigenvalue weighted by atomic mass is 9.80. The molecule has 0 aromatic rings. The summed E-state index contributed by atoms with van der Waals surface area (Å²) < 4.78 is 33.4. The predicted molar refractivity (Wildman–Crippen MR) is 96.1 cm³/mol. The summed E-state index contributed by atoms with van der Waals surface area (Å²) in [6.45, 7) is 6.29. The van der Waals surface area contributed by atoms with Gasteiger partial charge in [0.05, 0.1) is 6.61 Å². The van der Waals surface area contributed by atoms with Gasteiger partial charge in [0.15, 0.2) is 0 Å². The van der Waals surface area contributed by atoms with Crippen molar-refractivity contribution in [2.75, 3.05) is 6.61 Å². The van der Waals surface area contributed by atoms with Crippen molar-refractivity contribution in [1.82, 2.24) is 0 Å². The van der Waals surface area contributed by atoms with Gasteiger partial charge in [-0.1, -0.05) is 45.1 Å². The smallest absolute Gasteiger partial charge is 0.320 e. The van der Waals surface area contributed by atoms with Crippen LogP contribution in [0.1, 0.15) is 84.0 Å². The van der Waals surface area contributed by atoms with Gasteiger partial charge in [0.1, 0.15) is 0 Å². The minimum absolute atomic E-state index is 0.0945. The molecule has 2 saturated carbocycles. The van der Waals surface area contributed by atoms with E-state index in [1.165, 1.54) is 32.1 Å². The van der Waals surface area contributed by atoms with E-state index < -0.39 is 6.11 Å². The quantitative estimate of drug-likeness (QED) is 0.411. The van der Waals surface area contributed by atoms with E-state index in [-0.39, 0.29) is 18.9 Å². The Kier molecular flexibility index (Phi) is 8.19. The van der Waals surface area contributed by atoms with E-state index in [0.717, 1.165) is 44.4 Å². The predicted octanol–water partition coefficient (Wildman–Crippen LogP) is 6.97. The Morgan fingerprint density at radius 2 is 1.54 bits per heavy atom. The first kappa shape index (κ1) is 19.9. The monoisotopic (exact) mass is 342 g/mol. The summed E-state index contributed by atoms with van der Waals surface area (Å²) in [6, 6.07) is 0. The number of hydrogen-bond acceptors (Lipinski definition) is 1. The largest absolute Gasteiger partial charge is 0.356 e. The molecule has 0 unspecified atom stereocenters. The van der Waals surface area contributed by atoms with Crippen molar-refractivity contribution in [3.63, 3.8) is 0 Å². The molecule has 24 heavy (non-hydrogen) atoms. The first-order chi connectivity index (χ1) is 11.5. The van der Waals surface area contributed by atoms with Crippen LogP contribution in [-0.2, 0) is 4.74 Å². The van der Waals surface area contributed by atoms with Gasteiger partial charge in [0.2, 0.25) is 0 Å². The molecule has 0 saturated heterocycles. The molecule has 0 radical (unpaired) electrons. The Labute approximate surface area is 147 Å². The molecule has 0 bridgehead atoms. The Hall–Kier alpha value is -0.440. The normalized spacial score (nSPS) is 31.8.